The van der Waals surface area contributed by atoms with Crippen LogP contribution >= 0.6 is 0 Å². The summed E-state index contributed by atoms with van der Waals surface area (Å²) in [7, 11) is 1.47. The number of carbonyl (C=O) groups is 2. The predicted molar refractivity (Wildman–Crippen MR) is 105 cm³/mol. The topological polar surface area (TPSA) is 126 Å². The van der Waals surface area contributed by atoms with E-state index in [9.17, 15) is 19.7 Å². The molecule has 0 aliphatic carbocycles. The second-order valence-corrected chi connectivity index (χ2v) is 6.12. The van der Waals surface area contributed by atoms with E-state index in [0.29, 0.717) is 17.2 Å². The number of hydrogen-bond donors (Lipinski definition) is 1. The molecule has 0 spiro atoms. The molecule has 0 bridgehead atoms. The number of rotatable bonds is 7. The third-order valence-electron chi connectivity index (χ3n) is 4.14. The fourth-order valence-electron chi connectivity index (χ4n) is 2.65. The van der Waals surface area contributed by atoms with Crippen molar-refractivity contribution in [1.82, 2.24) is 0 Å². The van der Waals surface area contributed by atoms with Crippen LogP contribution in [0, 0.1) is 10.1 Å². The van der Waals surface area contributed by atoms with Gasteiger partial charge in [-0.3, -0.25) is 14.9 Å². The number of nitrogens with zero attached hydrogens (tertiary/aromatic N) is 1. The molecule has 2 aromatic carbocycles. The molecule has 1 aliphatic rings. The molecule has 10 heteroatoms. The normalized spacial score (nSPS) is 13.0. The molecule has 0 saturated carbocycles. The van der Waals surface area contributed by atoms with Crippen molar-refractivity contribution >= 4 is 29.3 Å². The molecular weight excluding hydrogens is 396 g/mol. The summed E-state index contributed by atoms with van der Waals surface area (Å²) in [6.07, 6.45) is 1.10. The first-order valence-electron chi connectivity index (χ1n) is 8.79. The van der Waals surface area contributed by atoms with Crippen molar-refractivity contribution in [1.29, 1.82) is 0 Å². The van der Waals surface area contributed by atoms with E-state index >= 15 is 0 Å². The number of para-hydroxylation sites is 2. The molecule has 2 aromatic rings. The van der Waals surface area contributed by atoms with Gasteiger partial charge in [-0.05, 0) is 31.2 Å². The Kier molecular flexibility index (Phi) is 6.16. The highest BCUT2D eigenvalue weighted by molar-refractivity contribution is 5.97. The maximum atomic E-state index is 12.3. The predicted octanol–water partition coefficient (Wildman–Crippen LogP) is 2.92. The molecule has 10 nitrogen and oxygen atoms in total. The molecule has 1 heterocycles. The average Bonchev–Trinajstić information content (AvgIpc) is 3.19. The molecule has 1 amide bonds. The molecular formula is C20H18N2O8. The van der Waals surface area contributed by atoms with Gasteiger partial charge >= 0.3 is 5.97 Å². The van der Waals surface area contributed by atoms with Crippen LogP contribution < -0.4 is 19.5 Å². The van der Waals surface area contributed by atoms with Crippen LogP contribution in [0.4, 0.5) is 11.4 Å². The van der Waals surface area contributed by atoms with Crippen LogP contribution in [0.15, 0.2) is 42.5 Å². The van der Waals surface area contributed by atoms with Crippen molar-refractivity contribution in [3.05, 3.63) is 58.2 Å². The van der Waals surface area contributed by atoms with E-state index in [1.165, 1.54) is 32.2 Å². The summed E-state index contributed by atoms with van der Waals surface area (Å²) in [5.74, 6) is -0.361. The van der Waals surface area contributed by atoms with Gasteiger partial charge in [-0.1, -0.05) is 12.1 Å². The highest BCUT2D eigenvalue weighted by Crippen LogP contribution is 2.38. The standard InChI is InChI=1S/C20H18N2O8/c1-12(20(24)21-14-5-3-4-6-16(14)27-2)30-19(23)8-7-13-9-17-18(29-11-28-17)10-15(13)22(25)26/h3-10,12H,11H2,1-2H3,(H,21,24)/b8-7+/t12-/m1/s1. The Morgan fingerprint density at radius 2 is 1.93 bits per heavy atom. The quantitative estimate of drug-likeness (QED) is 0.317. The third-order valence-corrected chi connectivity index (χ3v) is 4.14. The van der Waals surface area contributed by atoms with Crippen LogP contribution in [0.3, 0.4) is 0 Å². The number of carbonyl (C=O) groups excluding carboxylic acids is 2. The second kappa shape index (κ2) is 8.95. The molecule has 0 saturated heterocycles. The summed E-state index contributed by atoms with van der Waals surface area (Å²) in [4.78, 5) is 35.0. The summed E-state index contributed by atoms with van der Waals surface area (Å²) in [5, 5.41) is 13.9. The fraction of sp³-hybridized carbons (Fsp3) is 0.200. The Morgan fingerprint density at radius 3 is 2.63 bits per heavy atom. The lowest BCUT2D eigenvalue weighted by molar-refractivity contribution is -0.385. The van der Waals surface area contributed by atoms with Crippen LogP contribution in [0.2, 0.25) is 0 Å². The first-order chi connectivity index (χ1) is 14.4. The highest BCUT2D eigenvalue weighted by Gasteiger charge is 2.23. The lowest BCUT2D eigenvalue weighted by Gasteiger charge is -2.14. The highest BCUT2D eigenvalue weighted by atomic mass is 16.7. The minimum atomic E-state index is -1.11. The minimum absolute atomic E-state index is 0.0411. The maximum absolute atomic E-state index is 12.3. The summed E-state index contributed by atoms with van der Waals surface area (Å²) >= 11 is 0. The summed E-state index contributed by atoms with van der Waals surface area (Å²) in [6, 6.07) is 9.39. The smallest absolute Gasteiger partial charge is 0.331 e. The second-order valence-electron chi connectivity index (χ2n) is 6.12. The molecule has 1 atom stereocenters. The molecule has 0 unspecified atom stereocenters. The molecule has 1 N–H and O–H groups in total. The van der Waals surface area contributed by atoms with Gasteiger partial charge in [-0.15, -0.1) is 0 Å². The first kappa shape index (κ1) is 20.6. The molecule has 0 radical (unpaired) electrons. The van der Waals surface area contributed by atoms with Crippen molar-refractivity contribution < 1.29 is 33.5 Å². The van der Waals surface area contributed by atoms with E-state index in [2.05, 4.69) is 5.32 Å². The maximum Gasteiger partial charge on any atom is 0.331 e. The summed E-state index contributed by atoms with van der Waals surface area (Å²) < 4.78 is 20.5. The zero-order chi connectivity index (χ0) is 21.7. The molecule has 0 fully saturated rings. The Balaban J connectivity index is 1.66. The molecule has 30 heavy (non-hydrogen) atoms. The van der Waals surface area contributed by atoms with Gasteiger partial charge < -0.3 is 24.3 Å². The zero-order valence-electron chi connectivity index (χ0n) is 16.1. The number of methoxy groups -OCH3 is 1. The average molecular weight is 414 g/mol. The van der Waals surface area contributed by atoms with Gasteiger partial charge in [0.2, 0.25) is 6.79 Å². The van der Waals surface area contributed by atoms with E-state index in [1.807, 2.05) is 0 Å². The Bertz CT molecular complexity index is 1020. The van der Waals surface area contributed by atoms with E-state index in [-0.39, 0.29) is 23.8 Å². The van der Waals surface area contributed by atoms with Crippen LogP contribution in [0.25, 0.3) is 6.08 Å². The van der Waals surface area contributed by atoms with Crippen molar-refractivity contribution in [3.8, 4) is 17.2 Å². The number of hydrogen-bond acceptors (Lipinski definition) is 8. The number of ether oxygens (including phenoxy) is 4. The third kappa shape index (κ3) is 4.66. The van der Waals surface area contributed by atoms with Crippen LogP contribution in [-0.2, 0) is 14.3 Å². The van der Waals surface area contributed by atoms with Gasteiger partial charge in [0.1, 0.15) is 5.75 Å². The van der Waals surface area contributed by atoms with Gasteiger partial charge in [0.15, 0.2) is 17.6 Å². The first-order valence-corrected chi connectivity index (χ1v) is 8.79. The number of nitrogens with one attached hydrogen (secondary N) is 1. The molecule has 1 aliphatic heterocycles. The zero-order valence-corrected chi connectivity index (χ0v) is 16.1. The fourth-order valence-corrected chi connectivity index (χ4v) is 2.65. The van der Waals surface area contributed by atoms with Gasteiger partial charge in [-0.2, -0.15) is 0 Å². The SMILES string of the molecule is COc1ccccc1NC(=O)[C@@H](C)OC(=O)/C=C/c1cc2c(cc1[N+](=O)[O-])OCO2. The van der Waals surface area contributed by atoms with Gasteiger partial charge in [0, 0.05) is 6.08 Å². The largest absolute Gasteiger partial charge is 0.495 e. The van der Waals surface area contributed by atoms with E-state index < -0.39 is 22.9 Å². The van der Waals surface area contributed by atoms with E-state index in [4.69, 9.17) is 18.9 Å². The van der Waals surface area contributed by atoms with Crippen LogP contribution in [0.5, 0.6) is 17.2 Å². The Hall–Kier alpha value is -4.08. The van der Waals surface area contributed by atoms with Crippen molar-refractivity contribution in [3.63, 3.8) is 0 Å². The number of nitro benzene ring substituents is 1. The summed E-state index contributed by atoms with van der Waals surface area (Å²) in [6.45, 7) is 1.36. The number of fused-ring (bicyclic) bond motifs is 1. The van der Waals surface area contributed by atoms with Crippen molar-refractivity contribution in [2.75, 3.05) is 19.2 Å². The van der Waals surface area contributed by atoms with Gasteiger partial charge in [0.25, 0.3) is 11.6 Å². The number of esters is 1. The lowest BCUT2D eigenvalue weighted by atomic mass is 10.1. The van der Waals surface area contributed by atoms with E-state index in [0.717, 1.165) is 6.08 Å². The number of anilines is 1. The number of amides is 1. The van der Waals surface area contributed by atoms with Gasteiger partial charge in [-0.25, -0.2) is 4.79 Å². The minimum Gasteiger partial charge on any atom is -0.495 e. The van der Waals surface area contributed by atoms with E-state index in [1.54, 1.807) is 24.3 Å². The van der Waals surface area contributed by atoms with Crippen LogP contribution in [0.1, 0.15) is 12.5 Å². The van der Waals surface area contributed by atoms with Gasteiger partial charge in [0.05, 0.1) is 29.4 Å². The van der Waals surface area contributed by atoms with Crippen LogP contribution in [-0.4, -0.2) is 36.8 Å². The summed E-state index contributed by atoms with van der Waals surface area (Å²) in [5.41, 5.74) is 0.303. The lowest BCUT2D eigenvalue weighted by Crippen LogP contribution is -2.29. The monoisotopic (exact) mass is 414 g/mol. The Labute approximate surface area is 171 Å². The number of nitro groups is 1. The van der Waals surface area contributed by atoms with Crippen molar-refractivity contribution in [2.45, 2.75) is 13.0 Å². The molecule has 156 valence electrons. The Morgan fingerprint density at radius 1 is 1.23 bits per heavy atom. The molecule has 0 aromatic heterocycles. The number of benzene rings is 2. The molecule has 3 rings (SSSR count). The van der Waals surface area contributed by atoms with Crippen molar-refractivity contribution in [2.24, 2.45) is 0 Å².